The quantitative estimate of drug-likeness (QED) is 0.651. The Morgan fingerprint density at radius 1 is 1.19 bits per heavy atom. The third kappa shape index (κ3) is 3.01. The predicted octanol–water partition coefficient (Wildman–Crippen LogP) is 4.01. The van der Waals surface area contributed by atoms with E-state index in [4.69, 9.17) is 4.74 Å². The maximum absolute atomic E-state index is 12.8. The zero-order chi connectivity index (χ0) is 18.3. The van der Waals surface area contributed by atoms with Crippen LogP contribution < -0.4 is 4.74 Å². The van der Waals surface area contributed by atoms with Crippen LogP contribution in [0.5, 0.6) is 5.75 Å². The van der Waals surface area contributed by atoms with Gasteiger partial charge in [0.05, 0.1) is 18.9 Å². The fraction of sp³-hybridized carbons (Fsp3) is 0.200. The lowest BCUT2D eigenvalue weighted by atomic mass is 10.1. The molecular formula is C20H18BrN3O2. The number of hydrogen-bond donors (Lipinski definition) is 0. The highest BCUT2D eigenvalue weighted by Crippen LogP contribution is 2.35. The monoisotopic (exact) mass is 411 g/mol. The van der Waals surface area contributed by atoms with Gasteiger partial charge in [0, 0.05) is 36.4 Å². The van der Waals surface area contributed by atoms with E-state index in [9.17, 15) is 4.79 Å². The summed E-state index contributed by atoms with van der Waals surface area (Å²) in [5.74, 6) is 0.634. The van der Waals surface area contributed by atoms with E-state index in [-0.39, 0.29) is 5.91 Å². The number of carbonyl (C=O) groups is 1. The highest BCUT2D eigenvalue weighted by Gasteiger charge is 2.31. The van der Waals surface area contributed by atoms with Gasteiger partial charge in [-0.05, 0) is 28.8 Å². The molecule has 4 rings (SSSR count). The Labute approximate surface area is 160 Å². The van der Waals surface area contributed by atoms with Crippen LogP contribution in [0.1, 0.15) is 21.5 Å². The van der Waals surface area contributed by atoms with Crippen LogP contribution in [-0.2, 0) is 20.1 Å². The number of fused-ring (bicyclic) bond motifs is 1. The zero-order valence-corrected chi connectivity index (χ0v) is 16.2. The molecule has 1 amide bonds. The number of nitrogens with zero attached hydrogens (tertiary/aromatic N) is 3. The number of carbonyl (C=O) groups excluding carboxylic acids is 1. The molecular weight excluding hydrogens is 394 g/mol. The summed E-state index contributed by atoms with van der Waals surface area (Å²) in [4.78, 5) is 14.6. The molecule has 1 aliphatic rings. The molecule has 0 spiro atoms. The van der Waals surface area contributed by atoms with Crippen molar-refractivity contribution in [3.63, 3.8) is 0 Å². The van der Waals surface area contributed by atoms with Crippen LogP contribution in [0.2, 0.25) is 0 Å². The molecule has 0 aliphatic carbocycles. The molecule has 0 saturated heterocycles. The first-order valence-electron chi connectivity index (χ1n) is 8.29. The second-order valence-corrected chi connectivity index (χ2v) is 7.32. The number of rotatable bonds is 4. The van der Waals surface area contributed by atoms with Gasteiger partial charge in [-0.15, -0.1) is 0 Å². The van der Waals surface area contributed by atoms with E-state index in [1.165, 1.54) is 0 Å². The molecule has 0 saturated carbocycles. The lowest BCUT2D eigenvalue weighted by molar-refractivity contribution is 0.0764. The third-order valence-corrected chi connectivity index (χ3v) is 5.05. The highest BCUT2D eigenvalue weighted by molar-refractivity contribution is 9.10. The first-order valence-corrected chi connectivity index (χ1v) is 9.08. The van der Waals surface area contributed by atoms with E-state index >= 15 is 0 Å². The molecule has 5 nitrogen and oxygen atoms in total. The van der Waals surface area contributed by atoms with E-state index < -0.39 is 0 Å². The van der Waals surface area contributed by atoms with Crippen LogP contribution in [0.25, 0.3) is 11.1 Å². The van der Waals surface area contributed by atoms with E-state index in [2.05, 4.69) is 45.3 Å². The maximum atomic E-state index is 12.8. The molecule has 2 aromatic carbocycles. The Bertz CT molecular complexity index is 979. The van der Waals surface area contributed by atoms with Crippen molar-refractivity contribution >= 4 is 21.8 Å². The van der Waals surface area contributed by atoms with E-state index in [0.29, 0.717) is 24.4 Å². The number of halogens is 1. The third-order valence-electron chi connectivity index (χ3n) is 4.60. The van der Waals surface area contributed by atoms with E-state index in [1.807, 2.05) is 36.5 Å². The number of aryl methyl sites for hydroxylation is 1. The van der Waals surface area contributed by atoms with Gasteiger partial charge >= 0.3 is 0 Å². The normalized spacial score (nSPS) is 13.2. The van der Waals surface area contributed by atoms with Crippen molar-refractivity contribution in [2.45, 2.75) is 13.1 Å². The van der Waals surface area contributed by atoms with Gasteiger partial charge in [0.15, 0.2) is 0 Å². The Balaban J connectivity index is 1.54. The van der Waals surface area contributed by atoms with Gasteiger partial charge in [0.2, 0.25) is 0 Å². The Morgan fingerprint density at radius 2 is 1.96 bits per heavy atom. The fourth-order valence-corrected chi connectivity index (χ4v) is 3.81. The van der Waals surface area contributed by atoms with E-state index in [0.717, 1.165) is 26.7 Å². The molecule has 1 aromatic heterocycles. The first kappa shape index (κ1) is 16.8. The number of aromatic nitrogens is 2. The first-order chi connectivity index (χ1) is 12.5. The number of methoxy groups -OCH3 is 1. The van der Waals surface area contributed by atoms with Crippen LogP contribution in [0, 0.1) is 0 Å². The van der Waals surface area contributed by atoms with Crippen molar-refractivity contribution in [2.24, 2.45) is 7.05 Å². The van der Waals surface area contributed by atoms with Crippen molar-refractivity contribution in [3.8, 4) is 16.9 Å². The molecule has 0 N–H and O–H groups in total. The van der Waals surface area contributed by atoms with Gasteiger partial charge in [-0.2, -0.15) is 5.10 Å². The summed E-state index contributed by atoms with van der Waals surface area (Å²) in [5.41, 5.74) is 4.95. The van der Waals surface area contributed by atoms with Crippen molar-refractivity contribution in [2.75, 3.05) is 7.11 Å². The van der Waals surface area contributed by atoms with Crippen LogP contribution in [0.4, 0.5) is 0 Å². The lowest BCUT2D eigenvalue weighted by Crippen LogP contribution is -2.23. The Hall–Kier alpha value is -2.60. The molecule has 6 heteroatoms. The molecule has 3 aromatic rings. The molecule has 132 valence electrons. The molecule has 0 atom stereocenters. The van der Waals surface area contributed by atoms with Gasteiger partial charge in [0.25, 0.3) is 5.91 Å². The van der Waals surface area contributed by atoms with Crippen LogP contribution in [0.15, 0.2) is 53.3 Å². The standard InChI is InChI=1S/C20H18BrN3O2/c1-23-11-16(9-22-23)14-5-3-13(4-6-14)10-24-12-15-7-17(21)8-18(26-2)19(15)20(24)25/h3-9,11H,10,12H2,1-2H3. The van der Waals surface area contributed by atoms with Crippen LogP contribution in [0.3, 0.4) is 0 Å². The minimum Gasteiger partial charge on any atom is -0.496 e. The van der Waals surface area contributed by atoms with Crippen molar-refractivity contribution in [1.29, 1.82) is 0 Å². The summed E-state index contributed by atoms with van der Waals surface area (Å²) in [5, 5.41) is 4.20. The predicted molar refractivity (Wildman–Crippen MR) is 103 cm³/mol. The molecule has 2 heterocycles. The fourth-order valence-electron chi connectivity index (χ4n) is 3.32. The van der Waals surface area contributed by atoms with Gasteiger partial charge in [-0.1, -0.05) is 40.2 Å². The molecule has 0 radical (unpaired) electrons. The van der Waals surface area contributed by atoms with Gasteiger partial charge in [0.1, 0.15) is 5.75 Å². The number of ether oxygens (including phenoxy) is 1. The van der Waals surface area contributed by atoms with E-state index in [1.54, 1.807) is 11.8 Å². The Morgan fingerprint density at radius 3 is 2.62 bits per heavy atom. The molecule has 1 aliphatic heterocycles. The van der Waals surface area contributed by atoms with Crippen molar-refractivity contribution < 1.29 is 9.53 Å². The second-order valence-electron chi connectivity index (χ2n) is 6.40. The molecule has 0 bridgehead atoms. The van der Waals surface area contributed by atoms with Gasteiger partial charge < -0.3 is 9.64 Å². The summed E-state index contributed by atoms with van der Waals surface area (Å²) in [6, 6.07) is 12.1. The minimum atomic E-state index is 0.0145. The van der Waals surface area contributed by atoms with Crippen molar-refractivity contribution in [1.82, 2.24) is 14.7 Å². The Kier molecular flexibility index (Phi) is 4.28. The average molecular weight is 412 g/mol. The summed E-state index contributed by atoms with van der Waals surface area (Å²) in [7, 11) is 3.50. The highest BCUT2D eigenvalue weighted by atomic mass is 79.9. The molecule has 0 unspecified atom stereocenters. The summed E-state index contributed by atoms with van der Waals surface area (Å²) in [6.07, 6.45) is 3.83. The van der Waals surface area contributed by atoms with Crippen LogP contribution >= 0.6 is 15.9 Å². The summed E-state index contributed by atoms with van der Waals surface area (Å²) < 4.78 is 8.09. The summed E-state index contributed by atoms with van der Waals surface area (Å²) in [6.45, 7) is 1.16. The maximum Gasteiger partial charge on any atom is 0.258 e. The summed E-state index contributed by atoms with van der Waals surface area (Å²) >= 11 is 3.48. The molecule has 26 heavy (non-hydrogen) atoms. The smallest absolute Gasteiger partial charge is 0.258 e. The number of amides is 1. The van der Waals surface area contributed by atoms with Crippen molar-refractivity contribution in [3.05, 3.63) is 70.0 Å². The number of benzene rings is 2. The van der Waals surface area contributed by atoms with Crippen LogP contribution in [-0.4, -0.2) is 27.7 Å². The molecule has 0 fully saturated rings. The number of hydrogen-bond acceptors (Lipinski definition) is 3. The van der Waals surface area contributed by atoms with Gasteiger partial charge in [-0.25, -0.2) is 0 Å². The zero-order valence-electron chi connectivity index (χ0n) is 14.6. The average Bonchev–Trinajstić information content (AvgIpc) is 3.19. The second kappa shape index (κ2) is 6.61. The van der Waals surface area contributed by atoms with Gasteiger partial charge in [-0.3, -0.25) is 9.48 Å². The largest absolute Gasteiger partial charge is 0.496 e. The lowest BCUT2D eigenvalue weighted by Gasteiger charge is -2.16. The minimum absolute atomic E-state index is 0.0145. The SMILES string of the molecule is COc1cc(Br)cc2c1C(=O)N(Cc1ccc(-c3cnn(C)c3)cc1)C2. The topological polar surface area (TPSA) is 47.4 Å².